The van der Waals surface area contributed by atoms with E-state index in [1.807, 2.05) is 56.3 Å². The summed E-state index contributed by atoms with van der Waals surface area (Å²) in [7, 11) is 0. The number of hydrogen-bond donors (Lipinski definition) is 0. The van der Waals surface area contributed by atoms with Crippen LogP contribution in [0.25, 0.3) is 11.3 Å². The zero-order valence-corrected chi connectivity index (χ0v) is 16.7. The molecule has 0 saturated heterocycles. The van der Waals surface area contributed by atoms with Gasteiger partial charge in [0, 0.05) is 42.1 Å². The molecule has 0 fully saturated rings. The Morgan fingerprint density at radius 2 is 1.76 bits per heavy atom. The Morgan fingerprint density at radius 3 is 2.41 bits per heavy atom. The summed E-state index contributed by atoms with van der Waals surface area (Å²) < 4.78 is 28.9. The van der Waals surface area contributed by atoms with E-state index in [-0.39, 0.29) is 11.2 Å². The van der Waals surface area contributed by atoms with Crippen molar-refractivity contribution in [3.63, 3.8) is 0 Å². The number of carbonyl (C=O) groups excluding carboxylic acids is 1. The molecule has 29 heavy (non-hydrogen) atoms. The van der Waals surface area contributed by atoms with Gasteiger partial charge in [-0.3, -0.25) is 9.78 Å². The number of alkyl halides is 2. The van der Waals surface area contributed by atoms with E-state index in [4.69, 9.17) is 0 Å². The summed E-state index contributed by atoms with van der Waals surface area (Å²) in [6.45, 7) is 3.63. The molecule has 2 aromatic heterocycles. The van der Waals surface area contributed by atoms with Crippen LogP contribution >= 0.6 is 0 Å². The molecule has 3 nitrogen and oxygen atoms in total. The van der Waals surface area contributed by atoms with Crippen LogP contribution in [0.2, 0.25) is 0 Å². The van der Waals surface area contributed by atoms with Gasteiger partial charge in [0.1, 0.15) is 0 Å². The third-order valence-electron chi connectivity index (χ3n) is 5.53. The van der Waals surface area contributed by atoms with Gasteiger partial charge in [-0.2, -0.15) is 0 Å². The Hall–Kier alpha value is -2.82. The molecule has 1 aliphatic rings. The van der Waals surface area contributed by atoms with Gasteiger partial charge in [0.05, 0.1) is 12.2 Å². The first kappa shape index (κ1) is 19.5. The van der Waals surface area contributed by atoms with Gasteiger partial charge < -0.3 is 4.57 Å². The van der Waals surface area contributed by atoms with Crippen LogP contribution in [-0.2, 0) is 19.4 Å². The third-order valence-corrected chi connectivity index (χ3v) is 5.53. The topological polar surface area (TPSA) is 34.9 Å². The van der Waals surface area contributed by atoms with Crippen LogP contribution < -0.4 is 0 Å². The second kappa shape index (κ2) is 7.54. The number of aromatic nitrogens is 2. The molecule has 0 saturated carbocycles. The molecule has 0 atom stereocenters. The number of halogens is 2. The standard InChI is InChI=1S/C24H24F2N2O/c1-24(2)13-19-22(20(29)14-24)18(12-16-6-4-3-5-7-16)23(28(19)15-21(25)26)17-8-10-27-11-9-17/h3-11,21H,12-15H2,1-2H3. The number of carbonyl (C=O) groups is 1. The van der Waals surface area contributed by atoms with Gasteiger partial charge in [0.15, 0.2) is 5.78 Å². The Morgan fingerprint density at radius 1 is 1.07 bits per heavy atom. The van der Waals surface area contributed by atoms with E-state index < -0.39 is 13.0 Å². The number of rotatable bonds is 5. The molecular formula is C24H24F2N2O. The Labute approximate surface area is 169 Å². The average Bonchev–Trinajstić information content (AvgIpc) is 2.95. The van der Waals surface area contributed by atoms with Gasteiger partial charge in [-0.1, -0.05) is 44.2 Å². The molecule has 0 radical (unpaired) electrons. The highest BCUT2D eigenvalue weighted by atomic mass is 19.3. The van der Waals surface area contributed by atoms with Crippen molar-refractivity contribution in [2.24, 2.45) is 5.41 Å². The number of nitrogens with zero attached hydrogens (tertiary/aromatic N) is 2. The number of fused-ring (bicyclic) bond motifs is 1. The smallest absolute Gasteiger partial charge is 0.256 e. The first-order chi connectivity index (χ1) is 13.9. The lowest BCUT2D eigenvalue weighted by atomic mass is 9.75. The van der Waals surface area contributed by atoms with Crippen LogP contribution in [0.5, 0.6) is 0 Å². The Kier molecular flexibility index (Phi) is 5.07. The predicted molar refractivity (Wildman–Crippen MR) is 109 cm³/mol. The first-order valence-electron chi connectivity index (χ1n) is 9.85. The molecule has 150 valence electrons. The van der Waals surface area contributed by atoms with Crippen molar-refractivity contribution < 1.29 is 13.6 Å². The molecule has 4 rings (SSSR count). The molecule has 0 unspecified atom stereocenters. The molecule has 3 aromatic rings. The van der Waals surface area contributed by atoms with Crippen molar-refractivity contribution in [1.82, 2.24) is 9.55 Å². The lowest BCUT2D eigenvalue weighted by Crippen LogP contribution is -2.29. The van der Waals surface area contributed by atoms with Crippen molar-refractivity contribution in [3.8, 4) is 11.3 Å². The molecule has 1 aromatic carbocycles. The van der Waals surface area contributed by atoms with Gasteiger partial charge >= 0.3 is 0 Å². The molecule has 5 heteroatoms. The van der Waals surface area contributed by atoms with E-state index in [1.54, 1.807) is 17.0 Å². The van der Waals surface area contributed by atoms with Crippen LogP contribution in [0.4, 0.5) is 8.78 Å². The van der Waals surface area contributed by atoms with Crippen LogP contribution in [0.1, 0.15) is 47.4 Å². The Bertz CT molecular complexity index is 1020. The van der Waals surface area contributed by atoms with Gasteiger partial charge in [0.2, 0.25) is 0 Å². The second-order valence-corrected chi connectivity index (χ2v) is 8.49. The molecule has 0 aliphatic heterocycles. The maximum Gasteiger partial charge on any atom is 0.256 e. The van der Waals surface area contributed by atoms with Gasteiger partial charge in [-0.05, 0) is 35.1 Å². The molecule has 0 amide bonds. The van der Waals surface area contributed by atoms with Gasteiger partial charge in [-0.15, -0.1) is 0 Å². The van der Waals surface area contributed by atoms with E-state index >= 15 is 0 Å². The van der Waals surface area contributed by atoms with Crippen LogP contribution in [0.3, 0.4) is 0 Å². The number of pyridine rings is 1. The summed E-state index contributed by atoms with van der Waals surface area (Å²) in [5, 5.41) is 0. The normalized spacial score (nSPS) is 15.6. The first-order valence-corrected chi connectivity index (χ1v) is 9.85. The van der Waals surface area contributed by atoms with Crippen molar-refractivity contribution >= 4 is 5.78 Å². The Balaban J connectivity index is 1.99. The fraction of sp³-hybridized carbons (Fsp3) is 0.333. The molecule has 0 N–H and O–H groups in total. The molecule has 1 aliphatic carbocycles. The van der Waals surface area contributed by atoms with Crippen LogP contribution in [0.15, 0.2) is 54.9 Å². The fourth-order valence-electron chi connectivity index (χ4n) is 4.43. The minimum Gasteiger partial charge on any atom is -0.338 e. The van der Waals surface area contributed by atoms with E-state index in [0.29, 0.717) is 30.5 Å². The largest absolute Gasteiger partial charge is 0.338 e. The third kappa shape index (κ3) is 3.86. The zero-order chi connectivity index (χ0) is 20.6. The van der Waals surface area contributed by atoms with Crippen molar-refractivity contribution in [1.29, 1.82) is 0 Å². The monoisotopic (exact) mass is 394 g/mol. The summed E-state index contributed by atoms with van der Waals surface area (Å²) >= 11 is 0. The number of ketones is 1. The minimum atomic E-state index is -2.50. The maximum absolute atomic E-state index is 13.6. The summed E-state index contributed by atoms with van der Waals surface area (Å²) in [4.78, 5) is 17.3. The highest BCUT2D eigenvalue weighted by Crippen LogP contribution is 2.42. The van der Waals surface area contributed by atoms with Gasteiger partial charge in [0.25, 0.3) is 6.43 Å². The highest BCUT2D eigenvalue weighted by molar-refractivity contribution is 6.02. The second-order valence-electron chi connectivity index (χ2n) is 8.49. The maximum atomic E-state index is 13.6. The van der Waals surface area contributed by atoms with Crippen LogP contribution in [0, 0.1) is 5.41 Å². The number of benzene rings is 1. The predicted octanol–water partition coefficient (Wildman–Crippen LogP) is 5.56. The van der Waals surface area contributed by atoms with Gasteiger partial charge in [-0.25, -0.2) is 8.78 Å². The molecule has 0 spiro atoms. The SMILES string of the molecule is CC1(C)CC(=O)c2c(Cc3ccccc3)c(-c3ccncc3)n(CC(F)F)c2C1. The quantitative estimate of drug-likeness (QED) is 0.568. The lowest BCUT2D eigenvalue weighted by Gasteiger charge is -2.30. The fourth-order valence-corrected chi connectivity index (χ4v) is 4.43. The molecule has 0 bridgehead atoms. The highest BCUT2D eigenvalue weighted by Gasteiger charge is 2.38. The van der Waals surface area contributed by atoms with E-state index in [0.717, 1.165) is 22.4 Å². The zero-order valence-electron chi connectivity index (χ0n) is 16.7. The molecular weight excluding hydrogens is 370 g/mol. The minimum absolute atomic E-state index is 0.0468. The molecule has 2 heterocycles. The van der Waals surface area contributed by atoms with Crippen molar-refractivity contribution in [2.75, 3.05) is 0 Å². The van der Waals surface area contributed by atoms with E-state index in [9.17, 15) is 13.6 Å². The summed E-state index contributed by atoms with van der Waals surface area (Å²) in [5.41, 5.74) is 4.56. The summed E-state index contributed by atoms with van der Waals surface area (Å²) in [6, 6.07) is 13.5. The van der Waals surface area contributed by atoms with E-state index in [2.05, 4.69) is 4.98 Å². The van der Waals surface area contributed by atoms with Crippen LogP contribution in [-0.4, -0.2) is 21.8 Å². The summed E-state index contributed by atoms with van der Waals surface area (Å²) in [6.07, 6.45) is 2.38. The number of hydrogen-bond acceptors (Lipinski definition) is 2. The average molecular weight is 394 g/mol. The van der Waals surface area contributed by atoms with Crippen molar-refractivity contribution in [3.05, 3.63) is 77.2 Å². The van der Waals surface area contributed by atoms with E-state index in [1.165, 1.54) is 0 Å². The number of Topliss-reactive ketones (excluding diaryl/α,β-unsaturated/α-hetero) is 1. The van der Waals surface area contributed by atoms with Crippen molar-refractivity contribution in [2.45, 2.75) is 46.1 Å². The summed E-state index contributed by atoms with van der Waals surface area (Å²) in [5.74, 6) is 0.0468. The lowest BCUT2D eigenvalue weighted by molar-refractivity contribution is 0.0902.